The Labute approximate surface area is 396 Å². The molecule has 64 heavy (non-hydrogen) atoms. The maximum absolute atomic E-state index is 12.3. The van der Waals surface area contributed by atoms with Crippen molar-refractivity contribution in [3.8, 4) is 0 Å². The molecule has 0 rings (SSSR count). The second-order valence-corrected chi connectivity index (χ2v) is 17.9. The molecule has 0 bridgehead atoms. The normalized spacial score (nSPS) is 12.9. The summed E-state index contributed by atoms with van der Waals surface area (Å²) in [7, 11) is 0. The quantitative estimate of drug-likeness (QED) is 0.0374. The molecule has 0 aromatic rings. The summed E-state index contributed by atoms with van der Waals surface area (Å²) in [5.41, 5.74) is 0. The third-order valence-electron chi connectivity index (χ3n) is 11.7. The van der Waals surface area contributed by atoms with E-state index in [1.807, 2.05) is 0 Å². The van der Waals surface area contributed by atoms with E-state index in [0.29, 0.717) is 12.8 Å². The summed E-state index contributed by atoms with van der Waals surface area (Å²) in [6, 6.07) is 0. The van der Waals surface area contributed by atoms with Gasteiger partial charge >= 0.3 is 11.9 Å². The second kappa shape index (κ2) is 54.4. The molecule has 0 saturated heterocycles. The SMILES string of the molecule is CC/C=C\C/C=C\C/C=C\C/C=C\C/C=C\C/C=C\C/C=C\CCCCCCCCCCCCCCCCCCCC(=O)OC(CO)COC(=O)CCCCCCCCCCCCC. The van der Waals surface area contributed by atoms with Crippen molar-refractivity contribution in [1.29, 1.82) is 0 Å². The predicted octanol–water partition coefficient (Wildman–Crippen LogP) is 18.2. The topological polar surface area (TPSA) is 72.8 Å². The molecule has 0 spiro atoms. The van der Waals surface area contributed by atoms with Crippen LogP contribution in [0.2, 0.25) is 0 Å². The van der Waals surface area contributed by atoms with Gasteiger partial charge in [-0.25, -0.2) is 0 Å². The summed E-state index contributed by atoms with van der Waals surface area (Å²) in [5, 5.41) is 9.60. The molecule has 0 radical (unpaired) electrons. The van der Waals surface area contributed by atoms with Crippen molar-refractivity contribution in [3.05, 3.63) is 85.1 Å². The van der Waals surface area contributed by atoms with Crippen LogP contribution in [-0.4, -0.2) is 36.4 Å². The Balaban J connectivity index is 3.46. The number of hydrogen-bond acceptors (Lipinski definition) is 5. The Hall–Kier alpha value is -2.92. The first-order valence-electron chi connectivity index (χ1n) is 27.1. The lowest BCUT2D eigenvalue weighted by Crippen LogP contribution is -2.28. The van der Waals surface area contributed by atoms with Crippen LogP contribution in [0, 0.1) is 0 Å². The van der Waals surface area contributed by atoms with Gasteiger partial charge in [-0.15, -0.1) is 0 Å². The fourth-order valence-electron chi connectivity index (χ4n) is 7.65. The number of esters is 2. The standard InChI is InChI=1S/C59H102O5/c1-3-5-7-9-11-13-15-16-17-18-19-20-21-22-23-24-25-26-27-28-29-30-31-32-33-34-35-36-37-38-39-40-41-42-44-46-48-50-52-54-59(62)64-57(55-60)56-63-58(61)53-51-49-47-45-43-14-12-10-8-6-4-2/h5,7,11,13,16-17,19-20,22-23,25-26,28-29,57,60H,3-4,6,8-10,12,14-15,18,21,24,27,30-56H2,1-2H3/b7-5-,13-11-,17-16-,20-19-,23-22-,26-25-,29-28-. The van der Waals surface area contributed by atoms with Gasteiger partial charge in [0.25, 0.3) is 0 Å². The zero-order valence-corrected chi connectivity index (χ0v) is 42.0. The highest BCUT2D eigenvalue weighted by Crippen LogP contribution is 2.16. The van der Waals surface area contributed by atoms with Crippen molar-refractivity contribution in [3.63, 3.8) is 0 Å². The lowest BCUT2D eigenvalue weighted by Gasteiger charge is -2.15. The number of allylic oxidation sites excluding steroid dienone is 14. The number of unbranched alkanes of at least 4 members (excludes halogenated alkanes) is 27. The van der Waals surface area contributed by atoms with E-state index in [4.69, 9.17) is 9.47 Å². The fraction of sp³-hybridized carbons (Fsp3) is 0.729. The maximum Gasteiger partial charge on any atom is 0.306 e. The Bertz CT molecular complexity index is 1190. The van der Waals surface area contributed by atoms with Crippen LogP contribution in [0.15, 0.2) is 85.1 Å². The Morgan fingerprint density at radius 1 is 0.375 bits per heavy atom. The van der Waals surface area contributed by atoms with E-state index in [1.54, 1.807) is 0 Å². The summed E-state index contributed by atoms with van der Waals surface area (Å²) in [5.74, 6) is -0.585. The first-order valence-corrected chi connectivity index (χ1v) is 27.1. The fourth-order valence-corrected chi connectivity index (χ4v) is 7.65. The van der Waals surface area contributed by atoms with Crippen LogP contribution >= 0.6 is 0 Å². The summed E-state index contributed by atoms with van der Waals surface area (Å²) >= 11 is 0. The molecule has 0 aromatic heterocycles. The molecule has 1 unspecified atom stereocenters. The number of aliphatic hydroxyl groups excluding tert-OH is 1. The van der Waals surface area contributed by atoms with Gasteiger partial charge in [-0.2, -0.15) is 0 Å². The molecule has 0 amide bonds. The molecular formula is C59H102O5. The Kier molecular flexibility index (Phi) is 51.9. The predicted molar refractivity (Wildman–Crippen MR) is 279 cm³/mol. The second-order valence-electron chi connectivity index (χ2n) is 17.9. The van der Waals surface area contributed by atoms with Crippen LogP contribution in [0.5, 0.6) is 0 Å². The molecule has 0 aliphatic rings. The highest BCUT2D eigenvalue weighted by Gasteiger charge is 2.16. The average molecular weight is 891 g/mol. The minimum atomic E-state index is -0.770. The van der Waals surface area contributed by atoms with Crippen LogP contribution in [0.1, 0.15) is 258 Å². The molecule has 1 N–H and O–H groups in total. The molecule has 0 heterocycles. The molecule has 368 valence electrons. The van der Waals surface area contributed by atoms with Crippen LogP contribution in [0.25, 0.3) is 0 Å². The Morgan fingerprint density at radius 3 is 1.02 bits per heavy atom. The van der Waals surface area contributed by atoms with Gasteiger partial charge in [0.2, 0.25) is 0 Å². The molecule has 0 saturated carbocycles. The molecule has 0 aliphatic heterocycles. The van der Waals surface area contributed by atoms with Crippen LogP contribution in [0.4, 0.5) is 0 Å². The minimum absolute atomic E-state index is 0.0636. The summed E-state index contributed by atoms with van der Waals surface area (Å²) in [6.45, 7) is 4.03. The molecule has 0 aromatic carbocycles. The third-order valence-corrected chi connectivity index (χ3v) is 11.7. The van der Waals surface area contributed by atoms with E-state index in [2.05, 4.69) is 98.9 Å². The van der Waals surface area contributed by atoms with E-state index in [-0.39, 0.29) is 25.2 Å². The highest BCUT2D eigenvalue weighted by atomic mass is 16.6. The van der Waals surface area contributed by atoms with Crippen LogP contribution in [-0.2, 0) is 19.1 Å². The zero-order chi connectivity index (χ0) is 46.3. The lowest BCUT2D eigenvalue weighted by atomic mass is 10.0. The van der Waals surface area contributed by atoms with Crippen LogP contribution < -0.4 is 0 Å². The van der Waals surface area contributed by atoms with Crippen LogP contribution in [0.3, 0.4) is 0 Å². The van der Waals surface area contributed by atoms with Gasteiger partial charge in [-0.05, 0) is 70.6 Å². The van der Waals surface area contributed by atoms with E-state index < -0.39 is 6.10 Å². The van der Waals surface area contributed by atoms with E-state index >= 15 is 0 Å². The summed E-state index contributed by atoms with van der Waals surface area (Å²) in [4.78, 5) is 24.4. The molecule has 5 nitrogen and oxygen atoms in total. The van der Waals surface area contributed by atoms with Crippen molar-refractivity contribution < 1.29 is 24.2 Å². The monoisotopic (exact) mass is 891 g/mol. The molecule has 5 heteroatoms. The van der Waals surface area contributed by atoms with Gasteiger partial charge < -0.3 is 14.6 Å². The Morgan fingerprint density at radius 2 is 0.672 bits per heavy atom. The first-order chi connectivity index (χ1) is 31.6. The van der Waals surface area contributed by atoms with Gasteiger partial charge in [-0.3, -0.25) is 9.59 Å². The van der Waals surface area contributed by atoms with Gasteiger partial charge in [-0.1, -0.05) is 259 Å². The summed E-state index contributed by atoms with van der Waals surface area (Å²) in [6.07, 6.45) is 75.6. The number of rotatable bonds is 49. The minimum Gasteiger partial charge on any atom is -0.462 e. The zero-order valence-electron chi connectivity index (χ0n) is 42.0. The highest BCUT2D eigenvalue weighted by molar-refractivity contribution is 5.70. The molecule has 0 aliphatic carbocycles. The van der Waals surface area contributed by atoms with Gasteiger partial charge in [0.15, 0.2) is 6.10 Å². The number of ether oxygens (including phenoxy) is 2. The van der Waals surface area contributed by atoms with Gasteiger partial charge in [0.1, 0.15) is 6.61 Å². The molecule has 1 atom stereocenters. The third kappa shape index (κ3) is 51.7. The average Bonchev–Trinajstić information content (AvgIpc) is 3.30. The molecular weight excluding hydrogens is 789 g/mol. The molecule has 0 fully saturated rings. The van der Waals surface area contributed by atoms with Gasteiger partial charge in [0, 0.05) is 12.8 Å². The van der Waals surface area contributed by atoms with E-state index in [1.165, 1.54) is 148 Å². The largest absolute Gasteiger partial charge is 0.462 e. The number of carbonyl (C=O) groups is 2. The van der Waals surface area contributed by atoms with Crippen molar-refractivity contribution in [1.82, 2.24) is 0 Å². The maximum atomic E-state index is 12.3. The van der Waals surface area contributed by atoms with Crippen molar-refractivity contribution in [2.45, 2.75) is 264 Å². The van der Waals surface area contributed by atoms with E-state index in [0.717, 1.165) is 83.5 Å². The number of carbonyl (C=O) groups excluding carboxylic acids is 2. The number of hydrogen-bond donors (Lipinski definition) is 1. The van der Waals surface area contributed by atoms with Crippen molar-refractivity contribution >= 4 is 11.9 Å². The van der Waals surface area contributed by atoms with Gasteiger partial charge in [0.05, 0.1) is 6.61 Å². The number of aliphatic hydroxyl groups is 1. The van der Waals surface area contributed by atoms with Crippen molar-refractivity contribution in [2.75, 3.05) is 13.2 Å². The van der Waals surface area contributed by atoms with Crippen molar-refractivity contribution in [2.24, 2.45) is 0 Å². The lowest BCUT2D eigenvalue weighted by molar-refractivity contribution is -0.161. The summed E-state index contributed by atoms with van der Waals surface area (Å²) < 4.78 is 10.6. The smallest absolute Gasteiger partial charge is 0.306 e. The van der Waals surface area contributed by atoms with E-state index in [9.17, 15) is 14.7 Å². The first kappa shape index (κ1) is 61.1.